The number of rotatable bonds is 3. The van der Waals surface area contributed by atoms with Crippen LogP contribution in [0, 0.1) is 0 Å². The second-order valence-electron chi connectivity index (χ2n) is 4.60. The molecule has 1 N–H and O–H groups in total. The Bertz CT molecular complexity index is 760. The predicted octanol–water partition coefficient (Wildman–Crippen LogP) is 5.63. The number of nitrogens with one attached hydrogen (secondary N) is 1. The maximum absolute atomic E-state index is 6.19. The summed E-state index contributed by atoms with van der Waals surface area (Å²) in [6.07, 6.45) is 2.31. The molecule has 5 heteroatoms. The van der Waals surface area contributed by atoms with Gasteiger partial charge in [-0.2, -0.15) is 0 Å². The zero-order valence-electron chi connectivity index (χ0n) is 10.9. The molecule has 0 atom stereocenters. The molecular formula is C16H11Cl3N2. The van der Waals surface area contributed by atoms with E-state index in [1.807, 2.05) is 42.5 Å². The third-order valence-electron chi connectivity index (χ3n) is 3.20. The second kappa shape index (κ2) is 6.10. The Morgan fingerprint density at radius 2 is 1.52 bits per heavy atom. The molecule has 0 saturated heterocycles. The monoisotopic (exact) mass is 336 g/mol. The fourth-order valence-electron chi connectivity index (χ4n) is 2.14. The molecule has 0 bridgehead atoms. The molecule has 1 heterocycles. The Morgan fingerprint density at radius 1 is 0.857 bits per heavy atom. The highest BCUT2D eigenvalue weighted by Gasteiger charge is 2.11. The first-order chi connectivity index (χ1) is 10.1. The number of nitrogens with zero attached hydrogens (tertiary/aromatic N) is 1. The lowest BCUT2D eigenvalue weighted by molar-refractivity contribution is 1.03. The van der Waals surface area contributed by atoms with Gasteiger partial charge in [0, 0.05) is 27.1 Å². The van der Waals surface area contributed by atoms with E-state index in [0.717, 1.165) is 22.6 Å². The molecule has 106 valence electrons. The molecule has 2 nitrogen and oxygen atoms in total. The standard InChI is InChI=1S/C16H11Cl3N2/c17-12-5-2-1-4-10(12)15-9-20-16(21-15)8-11-13(18)6-3-7-14(11)19/h1-7,9H,8H2,(H,20,21). The van der Waals surface area contributed by atoms with Gasteiger partial charge in [0.1, 0.15) is 5.82 Å². The van der Waals surface area contributed by atoms with Gasteiger partial charge in [-0.25, -0.2) is 4.98 Å². The molecular weight excluding hydrogens is 327 g/mol. The predicted molar refractivity (Wildman–Crippen MR) is 88.3 cm³/mol. The van der Waals surface area contributed by atoms with Crippen molar-refractivity contribution in [3.05, 3.63) is 75.1 Å². The van der Waals surface area contributed by atoms with E-state index < -0.39 is 0 Å². The molecule has 0 aliphatic rings. The molecule has 0 unspecified atom stereocenters. The lowest BCUT2D eigenvalue weighted by atomic mass is 10.1. The van der Waals surface area contributed by atoms with E-state index in [4.69, 9.17) is 34.8 Å². The average Bonchev–Trinajstić information content (AvgIpc) is 2.92. The summed E-state index contributed by atoms with van der Waals surface area (Å²) >= 11 is 18.6. The molecule has 2 aromatic carbocycles. The van der Waals surface area contributed by atoms with Gasteiger partial charge in [-0.05, 0) is 23.8 Å². The quantitative estimate of drug-likeness (QED) is 0.659. The van der Waals surface area contributed by atoms with Crippen molar-refractivity contribution < 1.29 is 0 Å². The third-order valence-corrected chi connectivity index (χ3v) is 4.24. The number of H-pyrrole nitrogens is 1. The minimum atomic E-state index is 0.545. The van der Waals surface area contributed by atoms with Crippen molar-refractivity contribution in [1.82, 2.24) is 9.97 Å². The van der Waals surface area contributed by atoms with Crippen molar-refractivity contribution in [1.29, 1.82) is 0 Å². The maximum Gasteiger partial charge on any atom is 0.111 e. The Balaban J connectivity index is 1.91. The molecule has 0 radical (unpaired) electrons. The SMILES string of the molecule is Clc1ccccc1-c1cnc(Cc2c(Cl)cccc2Cl)[nH]1. The largest absolute Gasteiger partial charge is 0.342 e. The zero-order valence-corrected chi connectivity index (χ0v) is 13.2. The number of halogens is 3. The van der Waals surface area contributed by atoms with Crippen molar-refractivity contribution >= 4 is 34.8 Å². The highest BCUT2D eigenvalue weighted by molar-refractivity contribution is 6.36. The molecule has 21 heavy (non-hydrogen) atoms. The van der Waals surface area contributed by atoms with Crippen LogP contribution in [-0.2, 0) is 6.42 Å². The number of imidazole rings is 1. The number of hydrogen-bond donors (Lipinski definition) is 1. The van der Waals surface area contributed by atoms with Crippen molar-refractivity contribution in [2.45, 2.75) is 6.42 Å². The zero-order chi connectivity index (χ0) is 14.8. The van der Waals surface area contributed by atoms with Crippen LogP contribution in [0.25, 0.3) is 11.3 Å². The minimum absolute atomic E-state index is 0.545. The molecule has 0 aliphatic carbocycles. The van der Waals surface area contributed by atoms with Gasteiger partial charge < -0.3 is 4.98 Å². The Hall–Kier alpha value is -1.48. The molecule has 1 aromatic heterocycles. The van der Waals surface area contributed by atoms with Crippen LogP contribution >= 0.6 is 34.8 Å². The van der Waals surface area contributed by atoms with Crippen LogP contribution in [0.1, 0.15) is 11.4 Å². The van der Waals surface area contributed by atoms with Gasteiger partial charge in [-0.1, -0.05) is 59.1 Å². The van der Waals surface area contributed by atoms with E-state index in [1.54, 1.807) is 6.20 Å². The third kappa shape index (κ3) is 3.08. The summed E-state index contributed by atoms with van der Waals surface area (Å²) in [7, 11) is 0. The Morgan fingerprint density at radius 3 is 2.24 bits per heavy atom. The summed E-state index contributed by atoms with van der Waals surface area (Å²) in [6, 6.07) is 13.1. The summed E-state index contributed by atoms with van der Waals surface area (Å²) in [5.41, 5.74) is 2.66. The summed E-state index contributed by atoms with van der Waals surface area (Å²) < 4.78 is 0. The van der Waals surface area contributed by atoms with Crippen LogP contribution < -0.4 is 0 Å². The summed E-state index contributed by atoms with van der Waals surface area (Å²) in [6.45, 7) is 0. The average molecular weight is 338 g/mol. The number of benzene rings is 2. The number of aromatic nitrogens is 2. The van der Waals surface area contributed by atoms with Crippen molar-refractivity contribution in [2.75, 3.05) is 0 Å². The van der Waals surface area contributed by atoms with Gasteiger partial charge in [0.2, 0.25) is 0 Å². The highest BCUT2D eigenvalue weighted by atomic mass is 35.5. The molecule has 0 saturated carbocycles. The molecule has 0 fully saturated rings. The van der Waals surface area contributed by atoms with Crippen LogP contribution in [0.5, 0.6) is 0 Å². The maximum atomic E-state index is 6.19. The fraction of sp³-hybridized carbons (Fsp3) is 0.0625. The van der Waals surface area contributed by atoms with Crippen molar-refractivity contribution in [3.63, 3.8) is 0 Å². The smallest absolute Gasteiger partial charge is 0.111 e. The van der Waals surface area contributed by atoms with Gasteiger partial charge in [0.15, 0.2) is 0 Å². The van der Waals surface area contributed by atoms with Gasteiger partial charge in [0.05, 0.1) is 11.9 Å². The highest BCUT2D eigenvalue weighted by Crippen LogP contribution is 2.29. The molecule has 0 amide bonds. The van der Waals surface area contributed by atoms with Crippen molar-refractivity contribution in [3.8, 4) is 11.3 Å². The van der Waals surface area contributed by atoms with E-state index in [-0.39, 0.29) is 0 Å². The lowest BCUT2D eigenvalue weighted by Gasteiger charge is -2.05. The summed E-state index contributed by atoms with van der Waals surface area (Å²) in [4.78, 5) is 7.64. The molecule has 3 aromatic rings. The van der Waals surface area contributed by atoms with E-state index in [0.29, 0.717) is 21.5 Å². The first kappa shape index (κ1) is 14.5. The van der Waals surface area contributed by atoms with Gasteiger partial charge in [-0.3, -0.25) is 0 Å². The van der Waals surface area contributed by atoms with E-state index in [9.17, 15) is 0 Å². The van der Waals surface area contributed by atoms with Gasteiger partial charge in [0.25, 0.3) is 0 Å². The van der Waals surface area contributed by atoms with Gasteiger partial charge in [-0.15, -0.1) is 0 Å². The first-order valence-electron chi connectivity index (χ1n) is 6.37. The van der Waals surface area contributed by atoms with Crippen LogP contribution in [0.2, 0.25) is 15.1 Å². The van der Waals surface area contributed by atoms with Crippen molar-refractivity contribution in [2.24, 2.45) is 0 Å². The first-order valence-corrected chi connectivity index (χ1v) is 7.50. The Kier molecular flexibility index (Phi) is 4.20. The van der Waals surface area contributed by atoms with E-state index >= 15 is 0 Å². The van der Waals surface area contributed by atoms with Crippen LogP contribution in [0.15, 0.2) is 48.7 Å². The summed E-state index contributed by atoms with van der Waals surface area (Å²) in [5, 5.41) is 1.96. The molecule has 0 spiro atoms. The van der Waals surface area contributed by atoms with Crippen LogP contribution in [-0.4, -0.2) is 9.97 Å². The molecule has 3 rings (SSSR count). The van der Waals surface area contributed by atoms with E-state index in [1.165, 1.54) is 0 Å². The Labute approximate surface area is 137 Å². The lowest BCUT2D eigenvalue weighted by Crippen LogP contribution is -1.93. The normalized spacial score (nSPS) is 10.8. The molecule has 0 aliphatic heterocycles. The second-order valence-corrected chi connectivity index (χ2v) is 5.82. The van der Waals surface area contributed by atoms with E-state index in [2.05, 4.69) is 9.97 Å². The number of aromatic amines is 1. The summed E-state index contributed by atoms with van der Waals surface area (Å²) in [5.74, 6) is 0.792. The topological polar surface area (TPSA) is 28.7 Å². The minimum Gasteiger partial charge on any atom is -0.342 e. The fourth-order valence-corrected chi connectivity index (χ4v) is 2.91. The van der Waals surface area contributed by atoms with Gasteiger partial charge >= 0.3 is 0 Å². The van der Waals surface area contributed by atoms with Crippen LogP contribution in [0.3, 0.4) is 0 Å². The van der Waals surface area contributed by atoms with Crippen LogP contribution in [0.4, 0.5) is 0 Å². The number of hydrogen-bond acceptors (Lipinski definition) is 1.